The molecule has 0 aromatic rings. The van der Waals surface area contributed by atoms with E-state index < -0.39 is 0 Å². The summed E-state index contributed by atoms with van der Waals surface area (Å²) in [5.41, 5.74) is 0. The Bertz CT molecular complexity index is 166. The number of rotatable bonds is 10. The van der Waals surface area contributed by atoms with Crippen molar-refractivity contribution in [1.82, 2.24) is 10.2 Å². The lowest BCUT2D eigenvalue weighted by atomic mass is 10.1. The highest BCUT2D eigenvalue weighted by Crippen LogP contribution is 2.30. The van der Waals surface area contributed by atoms with Gasteiger partial charge in [-0.25, -0.2) is 0 Å². The van der Waals surface area contributed by atoms with E-state index in [0.29, 0.717) is 0 Å². The summed E-state index contributed by atoms with van der Waals surface area (Å²) in [5, 5.41) is 3.59. The van der Waals surface area contributed by atoms with Gasteiger partial charge in [-0.2, -0.15) is 0 Å². The molecule has 2 nitrogen and oxygen atoms in total. The molecule has 1 aliphatic rings. The monoisotopic (exact) mass is 226 g/mol. The number of hydrogen-bond donors (Lipinski definition) is 1. The zero-order valence-corrected chi connectivity index (χ0v) is 11.5. The van der Waals surface area contributed by atoms with Crippen molar-refractivity contribution in [3.8, 4) is 0 Å². The summed E-state index contributed by atoms with van der Waals surface area (Å²) >= 11 is 0. The fraction of sp³-hybridized carbons (Fsp3) is 1.00. The van der Waals surface area contributed by atoms with Crippen molar-refractivity contribution >= 4 is 0 Å². The molecule has 1 rings (SSSR count). The van der Waals surface area contributed by atoms with Crippen LogP contribution in [0, 0.1) is 5.92 Å². The molecule has 0 heterocycles. The van der Waals surface area contributed by atoms with Gasteiger partial charge in [-0.3, -0.25) is 4.90 Å². The Kier molecular flexibility index (Phi) is 7.06. The van der Waals surface area contributed by atoms with Gasteiger partial charge in [-0.1, -0.05) is 27.2 Å². The third kappa shape index (κ3) is 5.31. The summed E-state index contributed by atoms with van der Waals surface area (Å²) in [6.45, 7) is 11.8. The largest absolute Gasteiger partial charge is 0.315 e. The number of likely N-dealkylation sites (N-methyl/N-ethyl adjacent to an activating group) is 1. The molecule has 0 aromatic heterocycles. The fourth-order valence-corrected chi connectivity index (χ4v) is 2.36. The minimum absolute atomic E-state index is 0.766. The zero-order chi connectivity index (χ0) is 11.8. The molecule has 1 atom stereocenters. The summed E-state index contributed by atoms with van der Waals surface area (Å²) in [5.74, 6) is 1.02. The number of nitrogens with one attached hydrogen (secondary N) is 1. The molecule has 1 N–H and O–H groups in total. The van der Waals surface area contributed by atoms with Crippen molar-refractivity contribution in [3.05, 3.63) is 0 Å². The topological polar surface area (TPSA) is 15.3 Å². The lowest BCUT2D eigenvalue weighted by Gasteiger charge is -2.31. The van der Waals surface area contributed by atoms with Crippen molar-refractivity contribution in [2.24, 2.45) is 5.92 Å². The first kappa shape index (κ1) is 14.0. The Labute approximate surface area is 102 Å². The third-order valence-corrected chi connectivity index (χ3v) is 3.54. The van der Waals surface area contributed by atoms with E-state index >= 15 is 0 Å². The van der Waals surface area contributed by atoms with Crippen molar-refractivity contribution < 1.29 is 0 Å². The molecule has 16 heavy (non-hydrogen) atoms. The van der Waals surface area contributed by atoms with Crippen LogP contribution in [0.3, 0.4) is 0 Å². The summed E-state index contributed by atoms with van der Waals surface area (Å²) in [7, 11) is 0. The SMILES string of the molecule is CCCNCC(CCC)N(CC)CC1CC1. The van der Waals surface area contributed by atoms with Crippen LogP contribution in [0.25, 0.3) is 0 Å². The average molecular weight is 226 g/mol. The van der Waals surface area contributed by atoms with Gasteiger partial charge in [0.1, 0.15) is 0 Å². The van der Waals surface area contributed by atoms with E-state index in [2.05, 4.69) is 31.0 Å². The maximum atomic E-state index is 3.59. The average Bonchev–Trinajstić information content (AvgIpc) is 3.09. The van der Waals surface area contributed by atoms with Crippen molar-refractivity contribution in [3.63, 3.8) is 0 Å². The second kappa shape index (κ2) is 8.08. The lowest BCUT2D eigenvalue weighted by Crippen LogP contribution is -2.43. The highest BCUT2D eigenvalue weighted by molar-refractivity contribution is 4.81. The maximum absolute atomic E-state index is 3.59. The first-order chi connectivity index (χ1) is 7.81. The van der Waals surface area contributed by atoms with Gasteiger partial charge in [0.25, 0.3) is 0 Å². The summed E-state index contributed by atoms with van der Waals surface area (Å²) in [6, 6.07) is 0.766. The van der Waals surface area contributed by atoms with Gasteiger partial charge in [-0.15, -0.1) is 0 Å². The molecular formula is C14H30N2. The van der Waals surface area contributed by atoms with Crippen LogP contribution in [0.4, 0.5) is 0 Å². The van der Waals surface area contributed by atoms with Gasteiger partial charge in [0.15, 0.2) is 0 Å². The van der Waals surface area contributed by atoms with E-state index in [1.807, 2.05) is 0 Å². The summed E-state index contributed by atoms with van der Waals surface area (Å²) < 4.78 is 0. The molecule has 0 radical (unpaired) electrons. The summed E-state index contributed by atoms with van der Waals surface area (Å²) in [6.07, 6.45) is 6.83. The van der Waals surface area contributed by atoms with Gasteiger partial charge in [0, 0.05) is 19.1 Å². The normalized spacial score (nSPS) is 18.0. The zero-order valence-electron chi connectivity index (χ0n) is 11.5. The molecule has 0 spiro atoms. The molecule has 0 amide bonds. The van der Waals surface area contributed by atoms with Crippen molar-refractivity contribution in [2.45, 2.75) is 58.9 Å². The number of hydrogen-bond acceptors (Lipinski definition) is 2. The Morgan fingerprint density at radius 3 is 2.44 bits per heavy atom. The first-order valence-corrected chi connectivity index (χ1v) is 7.26. The van der Waals surface area contributed by atoms with Crippen LogP contribution in [0.5, 0.6) is 0 Å². The Hall–Kier alpha value is -0.0800. The van der Waals surface area contributed by atoms with Gasteiger partial charge < -0.3 is 5.32 Å². The minimum atomic E-state index is 0.766. The van der Waals surface area contributed by atoms with E-state index in [4.69, 9.17) is 0 Å². The van der Waals surface area contributed by atoms with Gasteiger partial charge in [-0.05, 0) is 44.7 Å². The first-order valence-electron chi connectivity index (χ1n) is 7.26. The highest BCUT2D eigenvalue weighted by atomic mass is 15.2. The second-order valence-corrected chi connectivity index (χ2v) is 5.18. The Balaban J connectivity index is 2.30. The predicted molar refractivity (Wildman–Crippen MR) is 71.8 cm³/mol. The van der Waals surface area contributed by atoms with E-state index in [1.54, 1.807) is 0 Å². The van der Waals surface area contributed by atoms with E-state index in [-0.39, 0.29) is 0 Å². The van der Waals surface area contributed by atoms with Crippen LogP contribution in [-0.4, -0.2) is 37.1 Å². The molecule has 0 bridgehead atoms. The molecule has 0 aromatic carbocycles. The standard InChI is InChI=1S/C14H30N2/c1-4-7-14(11-15-10-5-2)16(6-3)12-13-8-9-13/h13-15H,4-12H2,1-3H3. The van der Waals surface area contributed by atoms with Crippen LogP contribution in [-0.2, 0) is 0 Å². The molecule has 1 fully saturated rings. The van der Waals surface area contributed by atoms with Crippen molar-refractivity contribution in [1.29, 1.82) is 0 Å². The van der Waals surface area contributed by atoms with E-state index in [1.165, 1.54) is 58.3 Å². The fourth-order valence-electron chi connectivity index (χ4n) is 2.36. The lowest BCUT2D eigenvalue weighted by molar-refractivity contribution is 0.183. The van der Waals surface area contributed by atoms with Crippen LogP contribution in [0.15, 0.2) is 0 Å². The second-order valence-electron chi connectivity index (χ2n) is 5.18. The predicted octanol–water partition coefficient (Wildman–Crippen LogP) is 2.89. The molecular weight excluding hydrogens is 196 g/mol. The molecule has 96 valence electrons. The highest BCUT2D eigenvalue weighted by Gasteiger charge is 2.26. The minimum Gasteiger partial charge on any atom is -0.315 e. The molecule has 1 aliphatic carbocycles. The molecule has 0 aliphatic heterocycles. The van der Waals surface area contributed by atoms with Crippen LogP contribution >= 0.6 is 0 Å². The summed E-state index contributed by atoms with van der Waals surface area (Å²) in [4.78, 5) is 2.70. The van der Waals surface area contributed by atoms with Crippen LogP contribution in [0.2, 0.25) is 0 Å². The maximum Gasteiger partial charge on any atom is 0.0220 e. The smallest absolute Gasteiger partial charge is 0.0220 e. The Morgan fingerprint density at radius 2 is 1.94 bits per heavy atom. The molecule has 2 heteroatoms. The van der Waals surface area contributed by atoms with Gasteiger partial charge in [0.05, 0.1) is 0 Å². The van der Waals surface area contributed by atoms with Crippen molar-refractivity contribution in [2.75, 3.05) is 26.2 Å². The molecule has 0 saturated heterocycles. The van der Waals surface area contributed by atoms with Crippen LogP contribution in [0.1, 0.15) is 52.9 Å². The van der Waals surface area contributed by atoms with Gasteiger partial charge in [0.2, 0.25) is 0 Å². The quantitative estimate of drug-likeness (QED) is 0.576. The molecule has 1 saturated carbocycles. The Morgan fingerprint density at radius 1 is 1.19 bits per heavy atom. The van der Waals surface area contributed by atoms with Crippen LogP contribution < -0.4 is 5.32 Å². The van der Waals surface area contributed by atoms with E-state index in [0.717, 1.165) is 12.0 Å². The van der Waals surface area contributed by atoms with Gasteiger partial charge >= 0.3 is 0 Å². The number of nitrogens with zero attached hydrogens (tertiary/aromatic N) is 1. The van der Waals surface area contributed by atoms with E-state index in [9.17, 15) is 0 Å². The molecule has 1 unspecified atom stereocenters. The third-order valence-electron chi connectivity index (χ3n) is 3.54.